The maximum absolute atomic E-state index is 12.1. The summed E-state index contributed by atoms with van der Waals surface area (Å²) >= 11 is 0. The molecule has 6 heteroatoms. The van der Waals surface area contributed by atoms with Crippen LogP contribution in [0.5, 0.6) is 0 Å². The molecule has 1 atom stereocenters. The number of methoxy groups -OCH3 is 1. The fourth-order valence-corrected chi connectivity index (χ4v) is 1.94. The molecule has 0 aliphatic carbocycles. The zero-order valence-corrected chi connectivity index (χ0v) is 14.2. The summed E-state index contributed by atoms with van der Waals surface area (Å²) in [4.78, 5) is 23.8. The molecule has 0 radical (unpaired) electrons. The Morgan fingerprint density at radius 1 is 1.35 bits per heavy atom. The number of rotatable bonds is 8. The summed E-state index contributed by atoms with van der Waals surface area (Å²) in [5.74, 6) is -0.279. The predicted octanol–water partition coefficient (Wildman–Crippen LogP) is 1.09. The van der Waals surface area contributed by atoms with Crippen LogP contribution in [0, 0.1) is 5.92 Å². The standard InChI is InChI=1S/C17H26N2O4/c1-12(2)9-18-15(21)14-7-5-6-13(8-14)10-19-17(3,11-20)16(22)23-4/h5-8,12,19-20H,9-11H2,1-4H3,(H,18,21)/t17-/m0/s1. The first-order valence-electron chi connectivity index (χ1n) is 7.64. The zero-order chi connectivity index (χ0) is 17.5. The number of benzene rings is 1. The van der Waals surface area contributed by atoms with E-state index in [1.54, 1.807) is 25.1 Å². The number of carbonyl (C=O) groups is 2. The van der Waals surface area contributed by atoms with E-state index >= 15 is 0 Å². The molecule has 0 heterocycles. The first-order valence-corrected chi connectivity index (χ1v) is 7.64. The molecule has 0 aromatic heterocycles. The molecule has 1 aromatic carbocycles. The van der Waals surface area contributed by atoms with Crippen molar-refractivity contribution in [3.8, 4) is 0 Å². The van der Waals surface area contributed by atoms with Crippen LogP contribution in [0.15, 0.2) is 24.3 Å². The van der Waals surface area contributed by atoms with Gasteiger partial charge in [-0.05, 0) is 30.5 Å². The quantitative estimate of drug-likeness (QED) is 0.624. The molecule has 0 saturated carbocycles. The summed E-state index contributed by atoms with van der Waals surface area (Å²) in [6, 6.07) is 7.14. The highest BCUT2D eigenvalue weighted by Crippen LogP contribution is 2.10. The fourth-order valence-electron chi connectivity index (χ4n) is 1.94. The van der Waals surface area contributed by atoms with Gasteiger partial charge in [-0.15, -0.1) is 0 Å². The fraction of sp³-hybridized carbons (Fsp3) is 0.529. The van der Waals surface area contributed by atoms with Gasteiger partial charge >= 0.3 is 5.97 Å². The van der Waals surface area contributed by atoms with Crippen LogP contribution in [0.4, 0.5) is 0 Å². The molecule has 6 nitrogen and oxygen atoms in total. The molecular weight excluding hydrogens is 296 g/mol. The number of hydrogen-bond acceptors (Lipinski definition) is 5. The first-order chi connectivity index (χ1) is 10.8. The van der Waals surface area contributed by atoms with Gasteiger partial charge in [-0.1, -0.05) is 26.0 Å². The van der Waals surface area contributed by atoms with Crippen LogP contribution < -0.4 is 10.6 Å². The molecule has 0 unspecified atom stereocenters. The summed E-state index contributed by atoms with van der Waals surface area (Å²) < 4.78 is 4.69. The van der Waals surface area contributed by atoms with Gasteiger partial charge < -0.3 is 15.2 Å². The molecule has 0 spiro atoms. The average Bonchev–Trinajstić information content (AvgIpc) is 2.56. The number of nitrogens with one attached hydrogen (secondary N) is 2. The van der Waals surface area contributed by atoms with Crippen LogP contribution in [0.1, 0.15) is 36.7 Å². The minimum Gasteiger partial charge on any atom is -0.468 e. The Hall–Kier alpha value is -1.92. The highest BCUT2D eigenvalue weighted by molar-refractivity contribution is 5.94. The lowest BCUT2D eigenvalue weighted by Gasteiger charge is -2.25. The third-order valence-corrected chi connectivity index (χ3v) is 3.49. The minimum absolute atomic E-state index is 0.126. The van der Waals surface area contributed by atoms with Crippen molar-refractivity contribution in [2.75, 3.05) is 20.3 Å². The van der Waals surface area contributed by atoms with E-state index < -0.39 is 11.5 Å². The summed E-state index contributed by atoms with van der Waals surface area (Å²) in [5.41, 5.74) is 0.226. The number of esters is 1. The predicted molar refractivity (Wildman–Crippen MR) is 88.0 cm³/mol. The van der Waals surface area contributed by atoms with Gasteiger partial charge in [0.2, 0.25) is 0 Å². The lowest BCUT2D eigenvalue weighted by atomic mass is 10.0. The van der Waals surface area contributed by atoms with Gasteiger partial charge in [-0.2, -0.15) is 0 Å². The molecule has 1 amide bonds. The lowest BCUT2D eigenvalue weighted by molar-refractivity contribution is -0.149. The van der Waals surface area contributed by atoms with E-state index in [9.17, 15) is 14.7 Å². The minimum atomic E-state index is -1.18. The molecular formula is C17H26N2O4. The highest BCUT2D eigenvalue weighted by atomic mass is 16.5. The second-order valence-corrected chi connectivity index (χ2v) is 6.14. The molecule has 0 saturated heterocycles. The SMILES string of the molecule is COC(=O)[C@](C)(CO)NCc1cccc(C(=O)NCC(C)C)c1. The Kier molecular flexibility index (Phi) is 7.19. The molecule has 0 bridgehead atoms. The van der Waals surface area contributed by atoms with Crippen molar-refractivity contribution in [2.45, 2.75) is 32.9 Å². The summed E-state index contributed by atoms with van der Waals surface area (Å²) in [6.07, 6.45) is 0. The maximum atomic E-state index is 12.1. The molecule has 128 valence electrons. The second-order valence-electron chi connectivity index (χ2n) is 6.14. The Morgan fingerprint density at radius 2 is 2.04 bits per heavy atom. The van der Waals surface area contributed by atoms with Crippen molar-refractivity contribution >= 4 is 11.9 Å². The van der Waals surface area contributed by atoms with Gasteiger partial charge in [-0.3, -0.25) is 10.1 Å². The average molecular weight is 322 g/mol. The third-order valence-electron chi connectivity index (χ3n) is 3.49. The monoisotopic (exact) mass is 322 g/mol. The van der Waals surface area contributed by atoms with E-state index in [1.807, 2.05) is 19.9 Å². The molecule has 1 rings (SSSR count). The van der Waals surface area contributed by atoms with Crippen LogP contribution in [-0.2, 0) is 16.1 Å². The van der Waals surface area contributed by atoms with Gasteiger partial charge in [0.25, 0.3) is 5.91 Å². The van der Waals surface area contributed by atoms with Gasteiger partial charge in [0.1, 0.15) is 5.54 Å². The first kappa shape index (κ1) is 19.1. The second kappa shape index (κ2) is 8.64. The number of carbonyl (C=O) groups excluding carboxylic acids is 2. The topological polar surface area (TPSA) is 87.7 Å². The van der Waals surface area contributed by atoms with Crippen molar-refractivity contribution in [3.63, 3.8) is 0 Å². The van der Waals surface area contributed by atoms with E-state index in [1.165, 1.54) is 7.11 Å². The Labute approximate surface area is 137 Å². The molecule has 0 fully saturated rings. The maximum Gasteiger partial charge on any atom is 0.328 e. The van der Waals surface area contributed by atoms with Crippen LogP contribution in [0.3, 0.4) is 0 Å². The number of amides is 1. The van der Waals surface area contributed by atoms with Crippen LogP contribution in [0.25, 0.3) is 0 Å². The van der Waals surface area contributed by atoms with Crippen LogP contribution in [-0.4, -0.2) is 42.8 Å². The molecule has 0 aliphatic heterocycles. The number of hydrogen-bond donors (Lipinski definition) is 3. The van der Waals surface area contributed by atoms with Crippen molar-refractivity contribution in [3.05, 3.63) is 35.4 Å². The van der Waals surface area contributed by atoms with Crippen molar-refractivity contribution in [2.24, 2.45) is 5.92 Å². The largest absolute Gasteiger partial charge is 0.468 e. The Morgan fingerprint density at radius 3 is 2.61 bits per heavy atom. The van der Waals surface area contributed by atoms with Crippen LogP contribution in [0.2, 0.25) is 0 Å². The number of ether oxygens (including phenoxy) is 1. The molecule has 0 aliphatic rings. The highest BCUT2D eigenvalue weighted by Gasteiger charge is 2.33. The normalized spacial score (nSPS) is 13.5. The number of aliphatic hydroxyl groups is 1. The van der Waals surface area contributed by atoms with Crippen LogP contribution >= 0.6 is 0 Å². The van der Waals surface area contributed by atoms with Gasteiger partial charge in [0.05, 0.1) is 13.7 Å². The van der Waals surface area contributed by atoms with E-state index in [4.69, 9.17) is 0 Å². The molecule has 3 N–H and O–H groups in total. The van der Waals surface area contributed by atoms with Gasteiger partial charge in [-0.25, -0.2) is 4.79 Å². The lowest BCUT2D eigenvalue weighted by Crippen LogP contribution is -2.52. The van der Waals surface area contributed by atoms with E-state index in [0.29, 0.717) is 24.6 Å². The third kappa shape index (κ3) is 5.65. The van der Waals surface area contributed by atoms with Gasteiger partial charge in [0.15, 0.2) is 0 Å². The van der Waals surface area contributed by atoms with E-state index in [-0.39, 0.29) is 12.5 Å². The van der Waals surface area contributed by atoms with E-state index in [0.717, 1.165) is 5.56 Å². The van der Waals surface area contributed by atoms with E-state index in [2.05, 4.69) is 15.4 Å². The van der Waals surface area contributed by atoms with Crippen molar-refractivity contribution in [1.29, 1.82) is 0 Å². The van der Waals surface area contributed by atoms with Crippen molar-refractivity contribution < 1.29 is 19.4 Å². The van der Waals surface area contributed by atoms with Crippen molar-refractivity contribution in [1.82, 2.24) is 10.6 Å². The summed E-state index contributed by atoms with van der Waals surface area (Å²) in [6.45, 7) is 6.20. The number of aliphatic hydroxyl groups excluding tert-OH is 1. The zero-order valence-electron chi connectivity index (χ0n) is 14.2. The summed E-state index contributed by atoms with van der Waals surface area (Å²) in [5, 5.41) is 15.2. The molecule has 1 aromatic rings. The Bertz CT molecular complexity index is 545. The van der Waals surface area contributed by atoms with Gasteiger partial charge in [0, 0.05) is 18.7 Å². The summed E-state index contributed by atoms with van der Waals surface area (Å²) in [7, 11) is 1.28. The Balaban J connectivity index is 2.73. The smallest absolute Gasteiger partial charge is 0.328 e. The molecule has 23 heavy (non-hydrogen) atoms.